The fourth-order valence-electron chi connectivity index (χ4n) is 1.35. The maximum Gasteiger partial charge on any atom is 0.343 e. The molecule has 0 radical (unpaired) electrons. The molecule has 0 heterocycles. The van der Waals surface area contributed by atoms with E-state index in [2.05, 4.69) is 16.6 Å². The van der Waals surface area contributed by atoms with Crippen LogP contribution in [0.15, 0.2) is 12.1 Å². The lowest BCUT2D eigenvalue weighted by Crippen LogP contribution is -2.08. The molecule has 0 unspecified atom stereocenters. The molecule has 20 heavy (non-hydrogen) atoms. The minimum Gasteiger partial charge on any atom is -0.465 e. The lowest BCUT2D eigenvalue weighted by Gasteiger charge is -2.03. The Morgan fingerprint density at radius 3 is 2.40 bits per heavy atom. The van der Waals surface area contributed by atoms with Gasteiger partial charge in [0.2, 0.25) is 0 Å². The van der Waals surface area contributed by atoms with Crippen molar-refractivity contribution in [2.24, 2.45) is 0 Å². The van der Waals surface area contributed by atoms with E-state index < -0.39 is 23.2 Å². The highest BCUT2D eigenvalue weighted by molar-refractivity contribution is 8.13. The zero-order chi connectivity index (χ0) is 15.1. The molecule has 0 spiro atoms. The number of benzene rings is 1. The fraction of sp³-hybridized carbons (Fsp3) is 0.286. The van der Waals surface area contributed by atoms with E-state index in [1.165, 1.54) is 6.92 Å². The molecule has 0 N–H and O–H groups in total. The highest BCUT2D eigenvalue weighted by atomic mass is 32.2. The highest BCUT2D eigenvalue weighted by Crippen LogP contribution is 2.16. The van der Waals surface area contributed by atoms with E-state index in [1.807, 2.05) is 0 Å². The second-order valence-corrected chi connectivity index (χ2v) is 4.97. The number of esters is 1. The quantitative estimate of drug-likeness (QED) is 0.489. The van der Waals surface area contributed by atoms with E-state index in [1.54, 1.807) is 0 Å². The van der Waals surface area contributed by atoms with Crippen LogP contribution in [0.25, 0.3) is 0 Å². The average Bonchev–Trinajstić information content (AvgIpc) is 2.36. The first kappa shape index (κ1) is 16.2. The Bertz CT molecular complexity index is 565. The van der Waals surface area contributed by atoms with Crippen molar-refractivity contribution in [2.75, 3.05) is 12.9 Å². The van der Waals surface area contributed by atoms with Crippen LogP contribution >= 0.6 is 11.8 Å². The minimum atomic E-state index is -1.07. The van der Waals surface area contributed by atoms with Crippen molar-refractivity contribution in [2.45, 2.75) is 13.3 Å². The molecule has 0 amide bonds. The van der Waals surface area contributed by atoms with Crippen LogP contribution < -0.4 is 0 Å². The van der Waals surface area contributed by atoms with Gasteiger partial charge in [0.15, 0.2) is 5.12 Å². The summed E-state index contributed by atoms with van der Waals surface area (Å²) in [5, 5.41) is -0.00804. The molecular weight excluding hydrogens is 286 g/mol. The van der Waals surface area contributed by atoms with Crippen LogP contribution in [0.4, 0.5) is 8.78 Å². The van der Waals surface area contributed by atoms with Crippen molar-refractivity contribution in [1.82, 2.24) is 0 Å². The molecule has 0 bridgehead atoms. The summed E-state index contributed by atoms with van der Waals surface area (Å²) in [5.74, 6) is 2.70. The van der Waals surface area contributed by atoms with Crippen LogP contribution in [-0.4, -0.2) is 23.9 Å². The number of rotatable bonds is 3. The molecule has 3 nitrogen and oxygen atoms in total. The number of methoxy groups -OCH3 is 1. The lowest BCUT2D eigenvalue weighted by molar-refractivity contribution is -0.109. The number of ether oxygens (including phenoxy) is 1. The van der Waals surface area contributed by atoms with Crippen LogP contribution in [0, 0.1) is 23.5 Å². The third-order valence-corrected chi connectivity index (χ3v) is 3.01. The third kappa shape index (κ3) is 4.67. The second-order valence-electron chi connectivity index (χ2n) is 3.70. The normalized spacial score (nSPS) is 9.60. The summed E-state index contributed by atoms with van der Waals surface area (Å²) < 4.78 is 31.4. The zero-order valence-electron chi connectivity index (χ0n) is 11.0. The number of halogens is 2. The van der Waals surface area contributed by atoms with Gasteiger partial charge < -0.3 is 4.74 Å². The van der Waals surface area contributed by atoms with Gasteiger partial charge in [-0.1, -0.05) is 23.6 Å². The number of carbonyl (C=O) groups is 2. The van der Waals surface area contributed by atoms with Gasteiger partial charge in [-0.2, -0.15) is 0 Å². The molecule has 106 valence electrons. The molecule has 0 aromatic heterocycles. The van der Waals surface area contributed by atoms with Crippen molar-refractivity contribution in [3.8, 4) is 11.8 Å². The molecular formula is C14H12F2O3S. The molecule has 0 aliphatic rings. The topological polar surface area (TPSA) is 43.4 Å². The Hall–Kier alpha value is -1.87. The zero-order valence-corrected chi connectivity index (χ0v) is 11.8. The van der Waals surface area contributed by atoms with Gasteiger partial charge in [0, 0.05) is 24.7 Å². The number of hydrogen-bond donors (Lipinski definition) is 0. The SMILES string of the molecule is COC(=O)c1c(F)cc(C#CCCSC(C)=O)cc1F. The van der Waals surface area contributed by atoms with E-state index >= 15 is 0 Å². The van der Waals surface area contributed by atoms with Gasteiger partial charge in [0.25, 0.3) is 0 Å². The van der Waals surface area contributed by atoms with Crippen molar-refractivity contribution in [3.05, 3.63) is 34.9 Å². The number of hydrogen-bond acceptors (Lipinski definition) is 4. The Labute approximate surface area is 119 Å². The molecule has 0 fully saturated rings. The molecule has 0 saturated heterocycles. The fourth-order valence-corrected chi connectivity index (χ4v) is 1.84. The van der Waals surface area contributed by atoms with Gasteiger partial charge >= 0.3 is 5.97 Å². The molecule has 1 aromatic rings. The molecule has 0 saturated carbocycles. The molecule has 0 atom stereocenters. The Kier molecular flexibility index (Phi) is 6.19. The summed E-state index contributed by atoms with van der Waals surface area (Å²) in [7, 11) is 1.04. The highest BCUT2D eigenvalue weighted by Gasteiger charge is 2.18. The van der Waals surface area contributed by atoms with Crippen molar-refractivity contribution < 1.29 is 23.1 Å². The van der Waals surface area contributed by atoms with E-state index in [4.69, 9.17) is 0 Å². The summed E-state index contributed by atoms with van der Waals surface area (Å²) in [6, 6.07) is 1.95. The Morgan fingerprint density at radius 2 is 1.90 bits per heavy atom. The predicted molar refractivity (Wildman–Crippen MR) is 72.3 cm³/mol. The summed E-state index contributed by atoms with van der Waals surface area (Å²) in [5.41, 5.74) is -0.606. The first-order chi connectivity index (χ1) is 9.45. The van der Waals surface area contributed by atoms with E-state index in [0.717, 1.165) is 31.0 Å². The van der Waals surface area contributed by atoms with E-state index in [-0.39, 0.29) is 10.7 Å². The largest absolute Gasteiger partial charge is 0.465 e. The molecule has 1 rings (SSSR count). The van der Waals surface area contributed by atoms with Crippen molar-refractivity contribution in [1.29, 1.82) is 0 Å². The van der Waals surface area contributed by atoms with Gasteiger partial charge in [-0.25, -0.2) is 13.6 Å². The molecule has 0 aliphatic carbocycles. The maximum atomic E-state index is 13.6. The van der Waals surface area contributed by atoms with Gasteiger partial charge in [0.1, 0.15) is 17.2 Å². The van der Waals surface area contributed by atoms with Gasteiger partial charge in [-0.05, 0) is 12.1 Å². The summed E-state index contributed by atoms with van der Waals surface area (Å²) >= 11 is 1.13. The predicted octanol–water partition coefficient (Wildman–Crippen LogP) is 2.77. The van der Waals surface area contributed by atoms with Crippen molar-refractivity contribution in [3.63, 3.8) is 0 Å². The maximum absolute atomic E-state index is 13.6. The first-order valence-electron chi connectivity index (χ1n) is 5.65. The Morgan fingerprint density at radius 1 is 1.30 bits per heavy atom. The van der Waals surface area contributed by atoms with E-state index in [0.29, 0.717) is 12.2 Å². The van der Waals surface area contributed by atoms with Crippen LogP contribution in [-0.2, 0) is 9.53 Å². The number of carbonyl (C=O) groups excluding carboxylic acids is 2. The van der Waals surface area contributed by atoms with E-state index in [9.17, 15) is 18.4 Å². The molecule has 0 aliphatic heterocycles. The third-order valence-electron chi connectivity index (χ3n) is 2.20. The van der Waals surface area contributed by atoms with Gasteiger partial charge in [-0.15, -0.1) is 0 Å². The minimum absolute atomic E-state index is 0.00804. The summed E-state index contributed by atoms with van der Waals surface area (Å²) in [6.07, 6.45) is 0.423. The molecule has 1 aromatic carbocycles. The van der Waals surface area contributed by atoms with Crippen LogP contribution in [0.3, 0.4) is 0 Å². The smallest absolute Gasteiger partial charge is 0.343 e. The Balaban J connectivity index is 2.82. The van der Waals surface area contributed by atoms with Crippen LogP contribution in [0.5, 0.6) is 0 Å². The monoisotopic (exact) mass is 298 g/mol. The van der Waals surface area contributed by atoms with Crippen LogP contribution in [0.2, 0.25) is 0 Å². The number of thioether (sulfide) groups is 1. The van der Waals surface area contributed by atoms with Crippen molar-refractivity contribution >= 4 is 22.8 Å². The second kappa shape index (κ2) is 7.65. The van der Waals surface area contributed by atoms with Gasteiger partial charge in [0.05, 0.1) is 7.11 Å². The lowest BCUT2D eigenvalue weighted by atomic mass is 10.1. The first-order valence-corrected chi connectivity index (χ1v) is 6.64. The van der Waals surface area contributed by atoms with Crippen LogP contribution in [0.1, 0.15) is 29.3 Å². The average molecular weight is 298 g/mol. The standard InChI is InChI=1S/C14H12F2O3S/c1-9(17)20-6-4-3-5-10-7-11(15)13(12(16)8-10)14(18)19-2/h7-8H,4,6H2,1-2H3. The summed E-state index contributed by atoms with van der Waals surface area (Å²) in [4.78, 5) is 21.8. The summed E-state index contributed by atoms with van der Waals surface area (Å²) in [6.45, 7) is 1.45. The molecule has 6 heteroatoms. The van der Waals surface area contributed by atoms with Gasteiger partial charge in [-0.3, -0.25) is 4.79 Å².